The molecule has 8 nitrogen and oxygen atoms in total. The van der Waals surface area contributed by atoms with E-state index in [1.165, 1.54) is 0 Å². The molecule has 2 heterocycles. The van der Waals surface area contributed by atoms with Crippen molar-refractivity contribution in [2.24, 2.45) is 9.98 Å². The third-order valence-corrected chi connectivity index (χ3v) is 13.6. The number of aromatic nitrogens is 2. The number of hydrogen-bond donors (Lipinski definition) is 1. The summed E-state index contributed by atoms with van der Waals surface area (Å²) in [6.07, 6.45) is 1.81. The number of benzene rings is 10. The number of nitrogens with one attached hydrogen (secondary N) is 1. The highest BCUT2D eigenvalue weighted by Gasteiger charge is 2.21. The Morgan fingerprint density at radius 1 is 0.405 bits per heavy atom. The van der Waals surface area contributed by atoms with Crippen LogP contribution >= 0.6 is 0 Å². The maximum Gasteiger partial charge on any atom is 0.162 e. The summed E-state index contributed by atoms with van der Waals surface area (Å²) in [6.45, 7) is 0. The molecule has 0 aliphatic heterocycles. The van der Waals surface area contributed by atoms with E-state index < -0.39 is 0 Å². The summed E-state index contributed by atoms with van der Waals surface area (Å²) in [7, 11) is 0. The average molecular weight is 945 g/mol. The van der Waals surface area contributed by atoms with E-state index in [4.69, 9.17) is 9.98 Å². The van der Waals surface area contributed by atoms with Gasteiger partial charge in [0, 0.05) is 50.0 Å². The average Bonchev–Trinajstić information content (AvgIpc) is 3.99. The molecule has 2 aromatic heterocycles. The molecular weight excluding hydrogens is 905 g/mol. The Bertz CT molecular complexity index is 4340. The summed E-state index contributed by atoms with van der Waals surface area (Å²) in [5.74, 6) is 0.189. The largest absolute Gasteiger partial charge is 0.309 e. The first kappa shape index (κ1) is 44.5. The second kappa shape index (κ2) is 18.9. The standard InChI is InChI=1S/C66H40N8/c67-39-43-15-13-18-45(35-43)47-31-33-59(73-60-27-9-5-22-53(60)54-23-6-10-28-61(54)73)50(37-47)42-71-66(57-26-4-3-21-52(57)51-20-2-1-17-49(51)41-69)72-65(70)58-38-48(46-19-14-16-44(36-46)40-68)32-34-64(58)74-62-29-11-7-24-55(62)56-25-8-12-30-63(56)74/h1-38,42,70H. The van der Waals surface area contributed by atoms with Crippen LogP contribution in [0.1, 0.15) is 33.4 Å². The van der Waals surface area contributed by atoms with Crippen molar-refractivity contribution in [2.45, 2.75) is 0 Å². The van der Waals surface area contributed by atoms with Gasteiger partial charge < -0.3 is 9.13 Å². The van der Waals surface area contributed by atoms with Crippen LogP contribution in [0.3, 0.4) is 0 Å². The lowest BCUT2D eigenvalue weighted by Crippen LogP contribution is -2.10. The number of amidine groups is 2. The minimum absolute atomic E-state index is 0.0552. The van der Waals surface area contributed by atoms with E-state index in [0.29, 0.717) is 33.4 Å². The van der Waals surface area contributed by atoms with Crippen molar-refractivity contribution < 1.29 is 0 Å². The van der Waals surface area contributed by atoms with Gasteiger partial charge in [0.05, 0.1) is 68.3 Å². The van der Waals surface area contributed by atoms with Crippen molar-refractivity contribution in [3.8, 4) is 63.0 Å². The van der Waals surface area contributed by atoms with Crippen LogP contribution in [0, 0.1) is 39.4 Å². The number of nitrogens with zero attached hydrogens (tertiary/aromatic N) is 7. The fourth-order valence-corrected chi connectivity index (χ4v) is 10.2. The minimum atomic E-state index is -0.0552. The van der Waals surface area contributed by atoms with Crippen LogP contribution in [0.5, 0.6) is 0 Å². The molecule has 0 spiro atoms. The maximum atomic E-state index is 10.4. The lowest BCUT2D eigenvalue weighted by molar-refractivity contribution is 1.17. The summed E-state index contributed by atoms with van der Waals surface area (Å²) in [5, 5.41) is 44.9. The van der Waals surface area contributed by atoms with Gasteiger partial charge >= 0.3 is 0 Å². The second-order valence-electron chi connectivity index (χ2n) is 17.9. The highest BCUT2D eigenvalue weighted by atomic mass is 15.0. The Kier molecular flexibility index (Phi) is 11.4. The lowest BCUT2D eigenvalue weighted by atomic mass is 9.95. The van der Waals surface area contributed by atoms with Crippen LogP contribution in [0.25, 0.3) is 88.4 Å². The summed E-state index contributed by atoms with van der Waals surface area (Å²) in [5.41, 5.74) is 13.9. The molecule has 12 aromatic rings. The van der Waals surface area contributed by atoms with Crippen molar-refractivity contribution in [3.05, 3.63) is 264 Å². The minimum Gasteiger partial charge on any atom is -0.309 e. The Morgan fingerprint density at radius 3 is 1.42 bits per heavy atom. The first-order chi connectivity index (χ1) is 36.5. The molecule has 10 aromatic carbocycles. The van der Waals surface area contributed by atoms with Gasteiger partial charge in [-0.2, -0.15) is 15.8 Å². The van der Waals surface area contributed by atoms with Crippen LogP contribution in [-0.4, -0.2) is 27.0 Å². The lowest BCUT2D eigenvalue weighted by Gasteiger charge is -2.16. The summed E-state index contributed by atoms with van der Waals surface area (Å²) in [6, 6.07) is 82.7. The normalized spacial score (nSPS) is 11.6. The Labute approximate surface area is 426 Å². The van der Waals surface area contributed by atoms with Gasteiger partial charge in [0.15, 0.2) is 11.7 Å². The van der Waals surface area contributed by atoms with Crippen molar-refractivity contribution in [2.75, 3.05) is 0 Å². The van der Waals surface area contributed by atoms with Crippen LogP contribution < -0.4 is 0 Å². The van der Waals surface area contributed by atoms with Crippen molar-refractivity contribution >= 4 is 61.5 Å². The third kappa shape index (κ3) is 7.86. The van der Waals surface area contributed by atoms with Gasteiger partial charge in [-0.3, -0.25) is 5.41 Å². The maximum absolute atomic E-state index is 10.4. The molecule has 0 unspecified atom stereocenters. The first-order valence-corrected chi connectivity index (χ1v) is 24.1. The van der Waals surface area contributed by atoms with Gasteiger partial charge in [-0.1, -0.05) is 152 Å². The van der Waals surface area contributed by atoms with E-state index in [2.05, 4.69) is 106 Å². The molecule has 0 aliphatic carbocycles. The molecule has 8 heteroatoms. The predicted octanol–water partition coefficient (Wildman–Crippen LogP) is 15.4. The second-order valence-corrected chi connectivity index (χ2v) is 17.9. The van der Waals surface area contributed by atoms with Crippen LogP contribution in [0.15, 0.2) is 241 Å². The monoisotopic (exact) mass is 944 g/mol. The number of nitriles is 3. The number of fused-ring (bicyclic) bond motifs is 6. The molecule has 12 rings (SSSR count). The van der Waals surface area contributed by atoms with Gasteiger partial charge in [-0.05, 0) is 107 Å². The van der Waals surface area contributed by atoms with E-state index in [-0.39, 0.29) is 11.7 Å². The Balaban J connectivity index is 1.12. The predicted molar refractivity (Wildman–Crippen MR) is 299 cm³/mol. The van der Waals surface area contributed by atoms with Crippen LogP contribution in [0.4, 0.5) is 0 Å². The molecule has 74 heavy (non-hydrogen) atoms. The number of hydrogen-bond acceptors (Lipinski definition) is 4. The van der Waals surface area contributed by atoms with E-state index in [1.807, 2.05) is 140 Å². The summed E-state index contributed by atoms with van der Waals surface area (Å²) < 4.78 is 4.44. The highest BCUT2D eigenvalue weighted by molar-refractivity contribution is 6.18. The molecule has 344 valence electrons. The molecule has 0 saturated carbocycles. The molecule has 0 atom stereocenters. The van der Waals surface area contributed by atoms with Gasteiger partial charge in [-0.25, -0.2) is 9.98 Å². The third-order valence-electron chi connectivity index (χ3n) is 13.6. The molecule has 0 amide bonds. The SMILES string of the molecule is N#Cc1cccc(-c2ccc(-n3c4ccccc4c4ccccc43)c(C=NC(=NC(=N)c3cc(-c4cccc(C#N)c4)ccc3-n3c4ccccc4c4ccccc43)c3ccccc3-c3ccccc3C#N)c2)c1. The topological polar surface area (TPSA) is 130 Å². The van der Waals surface area contributed by atoms with Crippen molar-refractivity contribution in [3.63, 3.8) is 0 Å². The zero-order valence-electron chi connectivity index (χ0n) is 39.6. The van der Waals surface area contributed by atoms with Crippen LogP contribution in [-0.2, 0) is 0 Å². The van der Waals surface area contributed by atoms with Gasteiger partial charge in [0.1, 0.15) is 0 Å². The molecule has 1 N–H and O–H groups in total. The fraction of sp³-hybridized carbons (Fsp3) is 0. The molecule has 0 saturated heterocycles. The van der Waals surface area contributed by atoms with E-state index >= 15 is 0 Å². The molecule has 0 bridgehead atoms. The van der Waals surface area contributed by atoms with Gasteiger partial charge in [-0.15, -0.1) is 0 Å². The Morgan fingerprint density at radius 2 is 0.865 bits per heavy atom. The zero-order valence-corrected chi connectivity index (χ0v) is 39.6. The number of aliphatic imine (C=N–C) groups is 2. The van der Waals surface area contributed by atoms with Gasteiger partial charge in [0.25, 0.3) is 0 Å². The molecular formula is C66H40N8. The molecule has 0 radical (unpaired) electrons. The van der Waals surface area contributed by atoms with E-state index in [0.717, 1.165) is 88.4 Å². The number of rotatable bonds is 8. The molecule has 0 fully saturated rings. The number of para-hydroxylation sites is 4. The molecule has 0 aliphatic rings. The van der Waals surface area contributed by atoms with Crippen molar-refractivity contribution in [1.82, 2.24) is 9.13 Å². The zero-order chi connectivity index (χ0) is 50.1. The quantitative estimate of drug-likeness (QED) is 0.120. The first-order valence-electron chi connectivity index (χ1n) is 24.1. The van der Waals surface area contributed by atoms with Crippen LogP contribution in [0.2, 0.25) is 0 Å². The fourth-order valence-electron chi connectivity index (χ4n) is 10.2. The van der Waals surface area contributed by atoms with E-state index in [9.17, 15) is 21.2 Å². The highest BCUT2D eigenvalue weighted by Crippen LogP contribution is 2.37. The Hall–Kier alpha value is -10.7. The summed E-state index contributed by atoms with van der Waals surface area (Å²) >= 11 is 0. The van der Waals surface area contributed by atoms with Crippen molar-refractivity contribution in [1.29, 1.82) is 21.2 Å². The summed E-state index contributed by atoms with van der Waals surface area (Å²) in [4.78, 5) is 10.6. The van der Waals surface area contributed by atoms with E-state index in [1.54, 1.807) is 18.2 Å². The van der Waals surface area contributed by atoms with Gasteiger partial charge in [0.2, 0.25) is 0 Å². The smallest absolute Gasteiger partial charge is 0.162 e.